The van der Waals surface area contributed by atoms with Crippen LogP contribution in [0.3, 0.4) is 0 Å². The third kappa shape index (κ3) is 2.11. The number of hydrogen-bond acceptors (Lipinski definition) is 5. The molecular formula is C12H20N4OS. The number of rotatable bonds is 5. The highest BCUT2D eigenvalue weighted by atomic mass is 32.1. The van der Waals surface area contributed by atoms with Crippen molar-refractivity contribution in [1.82, 2.24) is 14.7 Å². The summed E-state index contributed by atoms with van der Waals surface area (Å²) >= 11 is 1.62. The Kier molecular flexibility index (Phi) is 3.61. The maximum atomic E-state index is 9.48. The summed E-state index contributed by atoms with van der Waals surface area (Å²) in [6.45, 7) is 4.85. The predicted molar refractivity (Wildman–Crippen MR) is 75.4 cm³/mol. The van der Waals surface area contributed by atoms with Crippen molar-refractivity contribution >= 4 is 22.1 Å². The van der Waals surface area contributed by atoms with Crippen molar-refractivity contribution in [3.05, 3.63) is 17.3 Å². The Morgan fingerprint density at radius 1 is 1.56 bits per heavy atom. The number of aromatic nitrogens is 2. The second-order valence-electron chi connectivity index (χ2n) is 5.00. The Labute approximate surface area is 111 Å². The molecule has 2 heterocycles. The predicted octanol–water partition coefficient (Wildman–Crippen LogP) is 1.32. The van der Waals surface area contributed by atoms with Gasteiger partial charge < -0.3 is 15.3 Å². The molecular weight excluding hydrogens is 248 g/mol. The van der Waals surface area contributed by atoms with E-state index in [1.807, 2.05) is 44.4 Å². The number of aliphatic hydroxyl groups excluding tert-OH is 1. The zero-order valence-corrected chi connectivity index (χ0v) is 12.1. The fourth-order valence-corrected chi connectivity index (χ4v) is 2.54. The zero-order valence-electron chi connectivity index (χ0n) is 11.3. The van der Waals surface area contributed by atoms with Gasteiger partial charge in [-0.3, -0.25) is 4.40 Å². The van der Waals surface area contributed by atoms with E-state index < -0.39 is 0 Å². The number of fused-ring (bicyclic) bond motifs is 1. The van der Waals surface area contributed by atoms with Crippen LogP contribution in [-0.4, -0.2) is 40.7 Å². The van der Waals surface area contributed by atoms with Gasteiger partial charge in [-0.15, -0.1) is 11.3 Å². The van der Waals surface area contributed by atoms with Crippen molar-refractivity contribution in [2.45, 2.75) is 25.9 Å². The maximum absolute atomic E-state index is 9.48. The third-order valence-electron chi connectivity index (χ3n) is 3.30. The molecule has 18 heavy (non-hydrogen) atoms. The van der Waals surface area contributed by atoms with Gasteiger partial charge in [-0.25, -0.2) is 4.98 Å². The number of aliphatic hydroxyl groups is 1. The SMILES string of the molecule is CNCc1c(N(C)C(C)(C)CO)nc2sccn12. The number of nitrogens with one attached hydrogen (secondary N) is 1. The minimum Gasteiger partial charge on any atom is -0.394 e. The Morgan fingerprint density at radius 2 is 2.28 bits per heavy atom. The van der Waals surface area contributed by atoms with Crippen LogP contribution in [0.15, 0.2) is 11.6 Å². The number of anilines is 1. The molecule has 0 saturated carbocycles. The molecule has 100 valence electrons. The fourth-order valence-electron chi connectivity index (χ4n) is 1.81. The monoisotopic (exact) mass is 268 g/mol. The van der Waals surface area contributed by atoms with E-state index in [4.69, 9.17) is 0 Å². The molecule has 0 fully saturated rings. The maximum Gasteiger partial charge on any atom is 0.195 e. The second-order valence-corrected chi connectivity index (χ2v) is 5.87. The summed E-state index contributed by atoms with van der Waals surface area (Å²) in [5.74, 6) is 0.926. The molecule has 0 aromatic carbocycles. The molecule has 0 aliphatic carbocycles. The van der Waals surface area contributed by atoms with Gasteiger partial charge in [0, 0.05) is 25.2 Å². The van der Waals surface area contributed by atoms with E-state index in [-0.39, 0.29) is 12.1 Å². The molecule has 0 amide bonds. The second kappa shape index (κ2) is 4.87. The van der Waals surface area contributed by atoms with E-state index in [1.165, 1.54) is 0 Å². The van der Waals surface area contributed by atoms with E-state index in [9.17, 15) is 5.11 Å². The lowest BCUT2D eigenvalue weighted by Crippen LogP contribution is -2.45. The number of hydrogen-bond donors (Lipinski definition) is 2. The smallest absolute Gasteiger partial charge is 0.195 e. The molecule has 0 unspecified atom stereocenters. The lowest BCUT2D eigenvalue weighted by Gasteiger charge is -2.34. The van der Waals surface area contributed by atoms with Gasteiger partial charge in [-0.2, -0.15) is 0 Å². The zero-order chi connectivity index (χ0) is 13.3. The summed E-state index contributed by atoms with van der Waals surface area (Å²) in [5, 5.41) is 14.7. The number of nitrogens with zero attached hydrogens (tertiary/aromatic N) is 3. The number of thiazole rings is 1. The Hall–Kier alpha value is -1.11. The largest absolute Gasteiger partial charge is 0.394 e. The first-order valence-electron chi connectivity index (χ1n) is 5.95. The quantitative estimate of drug-likeness (QED) is 0.859. The van der Waals surface area contributed by atoms with Crippen molar-refractivity contribution < 1.29 is 5.11 Å². The van der Waals surface area contributed by atoms with Crippen LogP contribution in [0.1, 0.15) is 19.5 Å². The molecule has 2 aromatic heterocycles. The Morgan fingerprint density at radius 3 is 2.89 bits per heavy atom. The summed E-state index contributed by atoms with van der Waals surface area (Å²) in [7, 11) is 3.90. The first kappa shape index (κ1) is 13.3. The third-order valence-corrected chi connectivity index (χ3v) is 4.05. The number of likely N-dealkylation sites (N-methyl/N-ethyl adjacent to an activating group) is 1. The van der Waals surface area contributed by atoms with Crippen LogP contribution in [-0.2, 0) is 6.54 Å². The van der Waals surface area contributed by atoms with Crippen molar-refractivity contribution in [2.75, 3.05) is 25.6 Å². The normalized spacial score (nSPS) is 12.3. The minimum absolute atomic E-state index is 0.0909. The van der Waals surface area contributed by atoms with Gasteiger partial charge in [-0.05, 0) is 20.9 Å². The lowest BCUT2D eigenvalue weighted by molar-refractivity contribution is 0.215. The van der Waals surface area contributed by atoms with Crippen molar-refractivity contribution in [3.63, 3.8) is 0 Å². The molecule has 2 N–H and O–H groups in total. The molecule has 0 radical (unpaired) electrons. The molecule has 2 aromatic rings. The van der Waals surface area contributed by atoms with Gasteiger partial charge in [0.15, 0.2) is 10.8 Å². The van der Waals surface area contributed by atoms with Gasteiger partial charge in [0.25, 0.3) is 0 Å². The molecule has 0 saturated heterocycles. The van der Waals surface area contributed by atoms with E-state index in [1.54, 1.807) is 11.3 Å². The van der Waals surface area contributed by atoms with E-state index in [0.29, 0.717) is 0 Å². The minimum atomic E-state index is -0.327. The topological polar surface area (TPSA) is 52.8 Å². The van der Waals surface area contributed by atoms with Crippen LogP contribution in [0.2, 0.25) is 0 Å². The van der Waals surface area contributed by atoms with Gasteiger partial charge >= 0.3 is 0 Å². The van der Waals surface area contributed by atoms with Gasteiger partial charge in [0.2, 0.25) is 0 Å². The van der Waals surface area contributed by atoms with Crippen molar-refractivity contribution in [2.24, 2.45) is 0 Å². The molecule has 0 aliphatic rings. The van der Waals surface area contributed by atoms with Crippen LogP contribution in [0.5, 0.6) is 0 Å². The van der Waals surface area contributed by atoms with Crippen LogP contribution in [0, 0.1) is 0 Å². The van der Waals surface area contributed by atoms with E-state index >= 15 is 0 Å². The summed E-state index contributed by atoms with van der Waals surface area (Å²) in [6.07, 6.45) is 2.03. The fraction of sp³-hybridized carbons (Fsp3) is 0.583. The van der Waals surface area contributed by atoms with Gasteiger partial charge in [0.1, 0.15) is 0 Å². The van der Waals surface area contributed by atoms with Gasteiger partial charge in [0.05, 0.1) is 17.8 Å². The molecule has 0 bridgehead atoms. The van der Waals surface area contributed by atoms with Crippen molar-refractivity contribution in [3.8, 4) is 0 Å². The standard InChI is InChI=1S/C12H20N4OS/c1-12(2,8-17)15(4)10-9(7-13-3)16-5-6-18-11(16)14-10/h5-6,13,17H,7-8H2,1-4H3. The Bertz CT molecular complexity index is 531. The number of imidazole rings is 1. The first-order chi connectivity index (χ1) is 8.51. The Balaban J connectivity index is 2.49. The van der Waals surface area contributed by atoms with Crippen LogP contribution >= 0.6 is 11.3 Å². The average molecular weight is 268 g/mol. The molecule has 5 nitrogen and oxygen atoms in total. The van der Waals surface area contributed by atoms with E-state index in [2.05, 4.69) is 14.7 Å². The van der Waals surface area contributed by atoms with Crippen LogP contribution in [0.4, 0.5) is 5.82 Å². The molecule has 2 rings (SSSR count). The summed E-state index contributed by atoms with van der Waals surface area (Å²) in [4.78, 5) is 7.69. The first-order valence-corrected chi connectivity index (χ1v) is 6.83. The van der Waals surface area contributed by atoms with E-state index in [0.717, 1.165) is 23.0 Å². The highest BCUT2D eigenvalue weighted by molar-refractivity contribution is 7.15. The summed E-state index contributed by atoms with van der Waals surface area (Å²) in [6, 6.07) is 0. The van der Waals surface area contributed by atoms with Gasteiger partial charge in [-0.1, -0.05) is 0 Å². The molecule has 0 aliphatic heterocycles. The van der Waals surface area contributed by atoms with Crippen LogP contribution < -0.4 is 10.2 Å². The summed E-state index contributed by atoms with van der Waals surface area (Å²) in [5.41, 5.74) is 0.796. The molecule has 6 heteroatoms. The van der Waals surface area contributed by atoms with Crippen molar-refractivity contribution in [1.29, 1.82) is 0 Å². The highest BCUT2D eigenvalue weighted by Crippen LogP contribution is 2.28. The molecule has 0 spiro atoms. The highest BCUT2D eigenvalue weighted by Gasteiger charge is 2.27. The lowest BCUT2D eigenvalue weighted by atomic mass is 10.1. The summed E-state index contributed by atoms with van der Waals surface area (Å²) < 4.78 is 2.10. The average Bonchev–Trinajstić information content (AvgIpc) is 2.91. The molecule has 0 atom stereocenters. The van der Waals surface area contributed by atoms with Crippen LogP contribution in [0.25, 0.3) is 4.96 Å².